The van der Waals surface area contributed by atoms with Crippen LogP contribution in [0.15, 0.2) is 42.5 Å². The molecule has 21 heavy (non-hydrogen) atoms. The van der Waals surface area contributed by atoms with Gasteiger partial charge in [0.2, 0.25) is 0 Å². The molecule has 2 N–H and O–H groups in total. The van der Waals surface area contributed by atoms with E-state index in [1.165, 1.54) is 0 Å². The van der Waals surface area contributed by atoms with E-state index < -0.39 is 5.97 Å². The number of carbonyl (C=O) groups is 1. The van der Waals surface area contributed by atoms with E-state index in [4.69, 9.17) is 22.0 Å². The number of carboxylic acids is 1. The highest BCUT2D eigenvalue weighted by atomic mass is 35.5. The van der Waals surface area contributed by atoms with Crippen molar-refractivity contribution in [1.82, 2.24) is 0 Å². The topological polar surface area (TPSA) is 73.1 Å². The molecule has 2 rings (SSSR count). The van der Waals surface area contributed by atoms with E-state index in [0.29, 0.717) is 22.8 Å². The predicted octanol–water partition coefficient (Wildman–Crippen LogP) is 3.45. The van der Waals surface area contributed by atoms with Gasteiger partial charge in [-0.25, -0.2) is 0 Å². The van der Waals surface area contributed by atoms with Crippen LogP contribution in [-0.4, -0.2) is 11.1 Å². The van der Waals surface area contributed by atoms with E-state index in [0.717, 1.165) is 11.1 Å². The summed E-state index contributed by atoms with van der Waals surface area (Å²) in [5.41, 5.74) is 2.77. The van der Waals surface area contributed by atoms with Crippen LogP contribution in [0.1, 0.15) is 16.7 Å². The maximum Gasteiger partial charge on any atom is 0.307 e. The SMILES string of the molecule is N#Cc1cc(Cl)ccc1NCc1ccccc1CC(=O)O. The van der Waals surface area contributed by atoms with Gasteiger partial charge in [-0.3, -0.25) is 4.79 Å². The molecule has 0 heterocycles. The lowest BCUT2D eigenvalue weighted by atomic mass is 10.0. The number of anilines is 1. The summed E-state index contributed by atoms with van der Waals surface area (Å²) in [5.74, 6) is -0.869. The van der Waals surface area contributed by atoms with Crippen LogP contribution >= 0.6 is 11.6 Å². The van der Waals surface area contributed by atoms with Crippen molar-refractivity contribution in [3.8, 4) is 6.07 Å². The molecule has 0 bridgehead atoms. The summed E-state index contributed by atoms with van der Waals surface area (Å²) in [4.78, 5) is 10.9. The van der Waals surface area contributed by atoms with Crippen molar-refractivity contribution in [3.63, 3.8) is 0 Å². The first-order valence-electron chi connectivity index (χ1n) is 6.32. The molecule has 0 saturated heterocycles. The van der Waals surface area contributed by atoms with Crippen LogP contribution in [0.2, 0.25) is 5.02 Å². The van der Waals surface area contributed by atoms with Crippen LogP contribution in [-0.2, 0) is 17.8 Å². The normalized spacial score (nSPS) is 9.90. The Bertz CT molecular complexity index is 708. The number of hydrogen-bond acceptors (Lipinski definition) is 3. The summed E-state index contributed by atoms with van der Waals surface area (Å²) < 4.78 is 0. The number of nitrogens with one attached hydrogen (secondary N) is 1. The van der Waals surface area contributed by atoms with Crippen LogP contribution in [0, 0.1) is 11.3 Å². The van der Waals surface area contributed by atoms with Gasteiger partial charge in [-0.05, 0) is 29.3 Å². The number of nitriles is 1. The zero-order chi connectivity index (χ0) is 15.2. The number of hydrogen-bond donors (Lipinski definition) is 2. The van der Waals surface area contributed by atoms with Gasteiger partial charge in [-0.15, -0.1) is 0 Å². The maximum atomic E-state index is 10.9. The lowest BCUT2D eigenvalue weighted by Gasteiger charge is -2.11. The number of aliphatic carboxylic acids is 1. The monoisotopic (exact) mass is 300 g/mol. The quantitative estimate of drug-likeness (QED) is 0.887. The molecular weight excluding hydrogens is 288 g/mol. The molecule has 106 valence electrons. The van der Waals surface area contributed by atoms with E-state index in [9.17, 15) is 4.79 Å². The van der Waals surface area contributed by atoms with Crippen molar-refractivity contribution >= 4 is 23.3 Å². The van der Waals surface area contributed by atoms with Crippen molar-refractivity contribution in [2.75, 3.05) is 5.32 Å². The molecule has 2 aromatic carbocycles. The molecule has 0 atom stereocenters. The first-order chi connectivity index (χ1) is 10.1. The van der Waals surface area contributed by atoms with Crippen molar-refractivity contribution < 1.29 is 9.90 Å². The number of halogens is 1. The third-order valence-corrected chi connectivity index (χ3v) is 3.27. The number of rotatable bonds is 5. The Balaban J connectivity index is 2.17. The van der Waals surface area contributed by atoms with E-state index in [-0.39, 0.29) is 6.42 Å². The standard InChI is InChI=1S/C16H13ClN2O2/c17-14-5-6-15(13(7-14)9-18)19-10-12-4-2-1-3-11(12)8-16(20)21/h1-7,19H,8,10H2,(H,20,21). The fraction of sp³-hybridized carbons (Fsp3) is 0.125. The van der Waals surface area contributed by atoms with Gasteiger partial charge in [0.1, 0.15) is 6.07 Å². The number of nitrogens with zero attached hydrogens (tertiary/aromatic N) is 1. The largest absolute Gasteiger partial charge is 0.481 e. The molecule has 2 aromatic rings. The molecular formula is C16H13ClN2O2. The summed E-state index contributed by atoms with van der Waals surface area (Å²) in [6.07, 6.45) is -0.0242. The van der Waals surface area contributed by atoms with E-state index in [2.05, 4.69) is 11.4 Å². The molecule has 4 nitrogen and oxygen atoms in total. The molecule has 0 radical (unpaired) electrons. The molecule has 0 aromatic heterocycles. The fourth-order valence-electron chi connectivity index (χ4n) is 2.02. The molecule has 0 aliphatic rings. The Labute approximate surface area is 127 Å². The average Bonchev–Trinajstić information content (AvgIpc) is 2.46. The minimum atomic E-state index is -0.869. The number of carboxylic acid groups (broad SMARTS) is 1. The Morgan fingerprint density at radius 1 is 1.24 bits per heavy atom. The van der Waals surface area contributed by atoms with Gasteiger partial charge in [0, 0.05) is 11.6 Å². The summed E-state index contributed by atoms with van der Waals surface area (Å²) in [6.45, 7) is 0.444. The molecule has 5 heteroatoms. The Morgan fingerprint density at radius 3 is 2.62 bits per heavy atom. The molecule has 0 aliphatic heterocycles. The van der Waals surface area contributed by atoms with Crippen LogP contribution in [0.25, 0.3) is 0 Å². The lowest BCUT2D eigenvalue weighted by Crippen LogP contribution is -2.07. The van der Waals surface area contributed by atoms with Gasteiger partial charge in [-0.2, -0.15) is 5.26 Å². The first-order valence-corrected chi connectivity index (χ1v) is 6.70. The summed E-state index contributed by atoms with van der Waals surface area (Å²) in [6, 6.07) is 14.4. The third kappa shape index (κ3) is 3.98. The van der Waals surface area contributed by atoms with Crippen molar-refractivity contribution in [2.45, 2.75) is 13.0 Å². The van der Waals surface area contributed by atoms with Crippen LogP contribution in [0.4, 0.5) is 5.69 Å². The van der Waals surface area contributed by atoms with Crippen LogP contribution in [0.5, 0.6) is 0 Å². The number of benzene rings is 2. The molecule has 0 aliphatic carbocycles. The van der Waals surface area contributed by atoms with E-state index in [1.807, 2.05) is 18.2 Å². The first kappa shape index (κ1) is 14.9. The highest BCUT2D eigenvalue weighted by Crippen LogP contribution is 2.21. The van der Waals surface area contributed by atoms with Gasteiger partial charge < -0.3 is 10.4 Å². The van der Waals surface area contributed by atoms with E-state index >= 15 is 0 Å². The van der Waals surface area contributed by atoms with Gasteiger partial charge in [-0.1, -0.05) is 35.9 Å². The van der Waals surface area contributed by atoms with Crippen molar-refractivity contribution in [3.05, 3.63) is 64.2 Å². The van der Waals surface area contributed by atoms with Crippen LogP contribution in [0.3, 0.4) is 0 Å². The zero-order valence-corrected chi connectivity index (χ0v) is 11.9. The summed E-state index contributed by atoms with van der Waals surface area (Å²) in [7, 11) is 0. The smallest absolute Gasteiger partial charge is 0.307 e. The molecule has 0 fully saturated rings. The average molecular weight is 301 g/mol. The van der Waals surface area contributed by atoms with Gasteiger partial charge >= 0.3 is 5.97 Å². The second-order valence-electron chi connectivity index (χ2n) is 4.49. The second kappa shape index (κ2) is 6.78. The summed E-state index contributed by atoms with van der Waals surface area (Å²) in [5, 5.41) is 21.6. The molecule has 0 unspecified atom stereocenters. The Morgan fingerprint density at radius 2 is 1.95 bits per heavy atom. The highest BCUT2D eigenvalue weighted by molar-refractivity contribution is 6.30. The van der Waals surface area contributed by atoms with Gasteiger partial charge in [0.15, 0.2) is 0 Å². The Kier molecular flexibility index (Phi) is 4.81. The van der Waals surface area contributed by atoms with Crippen LogP contribution < -0.4 is 5.32 Å². The van der Waals surface area contributed by atoms with Gasteiger partial charge in [0.05, 0.1) is 17.7 Å². The van der Waals surface area contributed by atoms with Crippen molar-refractivity contribution in [2.24, 2.45) is 0 Å². The zero-order valence-electron chi connectivity index (χ0n) is 11.1. The Hall–Kier alpha value is -2.51. The fourth-order valence-corrected chi connectivity index (χ4v) is 2.19. The maximum absolute atomic E-state index is 10.9. The highest BCUT2D eigenvalue weighted by Gasteiger charge is 2.07. The van der Waals surface area contributed by atoms with E-state index in [1.54, 1.807) is 24.3 Å². The van der Waals surface area contributed by atoms with Gasteiger partial charge in [0.25, 0.3) is 0 Å². The summed E-state index contributed by atoms with van der Waals surface area (Å²) >= 11 is 5.85. The second-order valence-corrected chi connectivity index (χ2v) is 4.93. The minimum absolute atomic E-state index is 0.0242. The van der Waals surface area contributed by atoms with Crippen molar-refractivity contribution in [1.29, 1.82) is 5.26 Å². The third-order valence-electron chi connectivity index (χ3n) is 3.03. The molecule has 0 saturated carbocycles. The predicted molar refractivity (Wildman–Crippen MR) is 81.3 cm³/mol. The molecule has 0 spiro atoms. The lowest BCUT2D eigenvalue weighted by molar-refractivity contribution is -0.136. The molecule has 0 amide bonds. The minimum Gasteiger partial charge on any atom is -0.481 e.